The average molecular weight is 237 g/mol. The fourth-order valence-corrected chi connectivity index (χ4v) is 2.70. The number of thiophene rings is 1. The maximum absolute atomic E-state index is 12.0. The molecule has 0 spiro atoms. The molecule has 86 valence electrons. The third-order valence-electron chi connectivity index (χ3n) is 3.15. The predicted molar refractivity (Wildman–Crippen MR) is 63.7 cm³/mol. The summed E-state index contributed by atoms with van der Waals surface area (Å²) in [4.78, 5) is 24.9. The third kappa shape index (κ3) is 2.32. The lowest BCUT2D eigenvalue weighted by Gasteiger charge is -2.30. The van der Waals surface area contributed by atoms with E-state index >= 15 is 0 Å². The molecule has 0 aromatic carbocycles. The van der Waals surface area contributed by atoms with E-state index in [0.29, 0.717) is 18.6 Å². The first-order valence-electron chi connectivity index (χ1n) is 5.49. The number of carbonyl (C=O) groups excluding carboxylic acids is 2. The molecule has 0 N–H and O–H groups in total. The van der Waals surface area contributed by atoms with E-state index in [1.165, 1.54) is 11.3 Å². The van der Waals surface area contributed by atoms with Crippen molar-refractivity contribution >= 4 is 23.0 Å². The van der Waals surface area contributed by atoms with Gasteiger partial charge >= 0.3 is 0 Å². The summed E-state index contributed by atoms with van der Waals surface area (Å²) < 4.78 is 0. The van der Waals surface area contributed by atoms with Gasteiger partial charge in [0.1, 0.15) is 5.78 Å². The Morgan fingerprint density at radius 3 is 2.69 bits per heavy atom. The molecule has 1 aliphatic carbocycles. The molecule has 4 heteroatoms. The van der Waals surface area contributed by atoms with Crippen molar-refractivity contribution in [3.63, 3.8) is 0 Å². The zero-order chi connectivity index (χ0) is 11.5. The highest BCUT2D eigenvalue weighted by Crippen LogP contribution is 2.21. The van der Waals surface area contributed by atoms with Gasteiger partial charge in [0.05, 0.1) is 5.56 Å². The lowest BCUT2D eigenvalue weighted by Crippen LogP contribution is -2.39. The lowest BCUT2D eigenvalue weighted by atomic mass is 9.93. The average Bonchev–Trinajstić information content (AvgIpc) is 2.81. The van der Waals surface area contributed by atoms with Gasteiger partial charge in [-0.15, -0.1) is 0 Å². The van der Waals surface area contributed by atoms with Gasteiger partial charge in [0.25, 0.3) is 5.91 Å². The lowest BCUT2D eigenvalue weighted by molar-refractivity contribution is -0.121. The van der Waals surface area contributed by atoms with Crippen molar-refractivity contribution in [1.29, 1.82) is 0 Å². The molecule has 1 aliphatic rings. The second-order valence-corrected chi connectivity index (χ2v) is 4.98. The van der Waals surface area contributed by atoms with Gasteiger partial charge in [-0.25, -0.2) is 0 Å². The first kappa shape index (κ1) is 11.3. The molecule has 1 saturated carbocycles. The van der Waals surface area contributed by atoms with Gasteiger partial charge in [-0.1, -0.05) is 0 Å². The summed E-state index contributed by atoms with van der Waals surface area (Å²) in [5.74, 6) is 0.397. The van der Waals surface area contributed by atoms with Gasteiger partial charge < -0.3 is 4.90 Å². The van der Waals surface area contributed by atoms with E-state index in [1.807, 2.05) is 23.9 Å². The number of Topliss-reactive ketones (excluding diaryl/α,β-unsaturated/α-hetero) is 1. The van der Waals surface area contributed by atoms with Crippen LogP contribution in [0.25, 0.3) is 0 Å². The Hall–Kier alpha value is -1.16. The van der Waals surface area contributed by atoms with Crippen LogP contribution in [0.2, 0.25) is 0 Å². The number of rotatable bonds is 2. The predicted octanol–water partition coefficient (Wildman–Crippen LogP) is 2.33. The zero-order valence-electron chi connectivity index (χ0n) is 9.31. The Morgan fingerprint density at radius 2 is 2.12 bits per heavy atom. The van der Waals surface area contributed by atoms with Gasteiger partial charge in [0.15, 0.2) is 0 Å². The first-order valence-corrected chi connectivity index (χ1v) is 6.44. The van der Waals surface area contributed by atoms with E-state index in [9.17, 15) is 9.59 Å². The van der Waals surface area contributed by atoms with E-state index in [0.717, 1.165) is 18.4 Å². The number of ketones is 1. The first-order chi connectivity index (χ1) is 7.68. The van der Waals surface area contributed by atoms with Gasteiger partial charge in [-0.2, -0.15) is 11.3 Å². The fourth-order valence-electron chi connectivity index (χ4n) is 2.07. The van der Waals surface area contributed by atoms with E-state index in [2.05, 4.69) is 0 Å². The molecule has 2 rings (SSSR count). The summed E-state index contributed by atoms with van der Waals surface area (Å²) in [6, 6.07) is 2.07. The zero-order valence-corrected chi connectivity index (χ0v) is 10.1. The topological polar surface area (TPSA) is 37.4 Å². The Morgan fingerprint density at radius 1 is 1.44 bits per heavy atom. The number of hydrogen-bond acceptors (Lipinski definition) is 3. The molecule has 1 heterocycles. The minimum absolute atomic E-state index is 0.0700. The van der Waals surface area contributed by atoms with Crippen LogP contribution in [0.1, 0.15) is 36.0 Å². The summed E-state index contributed by atoms with van der Waals surface area (Å²) in [5.41, 5.74) is 0.754. The summed E-state index contributed by atoms with van der Waals surface area (Å²) in [6.07, 6.45) is 2.86. The molecular weight excluding hydrogens is 222 g/mol. The van der Waals surface area contributed by atoms with Crippen LogP contribution in [0.15, 0.2) is 16.8 Å². The van der Waals surface area contributed by atoms with Crippen molar-refractivity contribution < 1.29 is 9.59 Å². The summed E-state index contributed by atoms with van der Waals surface area (Å²) in [5, 5.41) is 3.78. The van der Waals surface area contributed by atoms with Gasteiger partial charge in [-0.05, 0) is 24.3 Å². The highest BCUT2D eigenvalue weighted by Gasteiger charge is 2.25. The molecular formula is C12H15NO2S. The van der Waals surface area contributed by atoms with Gasteiger partial charge in [-0.3, -0.25) is 9.59 Å². The van der Waals surface area contributed by atoms with Crippen LogP contribution < -0.4 is 0 Å². The molecule has 0 atom stereocenters. The van der Waals surface area contributed by atoms with Gasteiger partial charge in [0, 0.05) is 31.3 Å². The molecule has 1 aromatic rings. The molecule has 3 nitrogen and oxygen atoms in total. The molecule has 0 saturated heterocycles. The highest BCUT2D eigenvalue weighted by atomic mass is 32.1. The van der Waals surface area contributed by atoms with Crippen LogP contribution in [0.3, 0.4) is 0 Å². The molecule has 1 fully saturated rings. The molecule has 0 radical (unpaired) electrons. The number of nitrogens with zero attached hydrogens (tertiary/aromatic N) is 1. The SMILES string of the molecule is CN(C(=O)c1ccsc1)C1CCC(=O)CC1. The van der Waals surface area contributed by atoms with Crippen LogP contribution in [0.4, 0.5) is 0 Å². The van der Waals surface area contributed by atoms with Crippen LogP contribution in [-0.2, 0) is 4.79 Å². The minimum atomic E-state index is 0.0700. The molecule has 1 amide bonds. The van der Waals surface area contributed by atoms with E-state index in [4.69, 9.17) is 0 Å². The van der Waals surface area contributed by atoms with Crippen molar-refractivity contribution in [2.75, 3.05) is 7.05 Å². The smallest absolute Gasteiger partial charge is 0.254 e. The Kier molecular flexibility index (Phi) is 3.39. The van der Waals surface area contributed by atoms with Crippen molar-refractivity contribution in [1.82, 2.24) is 4.90 Å². The van der Waals surface area contributed by atoms with E-state index < -0.39 is 0 Å². The molecule has 0 bridgehead atoms. The quantitative estimate of drug-likeness (QED) is 0.791. The molecule has 0 aliphatic heterocycles. The molecule has 1 aromatic heterocycles. The van der Waals surface area contributed by atoms with Crippen LogP contribution >= 0.6 is 11.3 Å². The van der Waals surface area contributed by atoms with Gasteiger partial charge in [0.2, 0.25) is 0 Å². The summed E-state index contributed by atoms with van der Waals surface area (Å²) >= 11 is 1.53. The highest BCUT2D eigenvalue weighted by molar-refractivity contribution is 7.08. The van der Waals surface area contributed by atoms with E-state index in [1.54, 1.807) is 4.90 Å². The number of hydrogen-bond donors (Lipinski definition) is 0. The second kappa shape index (κ2) is 4.78. The summed E-state index contributed by atoms with van der Waals surface area (Å²) in [6.45, 7) is 0. The Balaban J connectivity index is 1.99. The van der Waals surface area contributed by atoms with Crippen molar-refractivity contribution in [2.24, 2.45) is 0 Å². The minimum Gasteiger partial charge on any atom is -0.339 e. The van der Waals surface area contributed by atoms with Crippen LogP contribution in [-0.4, -0.2) is 29.7 Å². The Labute approximate surface area is 99.1 Å². The van der Waals surface area contributed by atoms with Crippen LogP contribution in [0, 0.1) is 0 Å². The van der Waals surface area contributed by atoms with Crippen molar-refractivity contribution in [3.05, 3.63) is 22.4 Å². The van der Waals surface area contributed by atoms with E-state index in [-0.39, 0.29) is 11.9 Å². The van der Waals surface area contributed by atoms with Crippen LogP contribution in [0.5, 0.6) is 0 Å². The number of carbonyl (C=O) groups is 2. The fraction of sp³-hybridized carbons (Fsp3) is 0.500. The maximum atomic E-state index is 12.0. The largest absolute Gasteiger partial charge is 0.339 e. The van der Waals surface area contributed by atoms with Crippen molar-refractivity contribution in [2.45, 2.75) is 31.7 Å². The number of amides is 1. The monoisotopic (exact) mass is 237 g/mol. The summed E-state index contributed by atoms with van der Waals surface area (Å²) in [7, 11) is 1.83. The standard InChI is InChI=1S/C12H15NO2S/c1-13(10-2-4-11(14)5-3-10)12(15)9-6-7-16-8-9/h6-8,10H,2-5H2,1H3. The molecule has 16 heavy (non-hydrogen) atoms. The normalized spacial score (nSPS) is 17.4. The van der Waals surface area contributed by atoms with Crippen molar-refractivity contribution in [3.8, 4) is 0 Å². The maximum Gasteiger partial charge on any atom is 0.254 e. The Bertz CT molecular complexity index is 376. The molecule has 0 unspecified atom stereocenters. The second-order valence-electron chi connectivity index (χ2n) is 4.20. The third-order valence-corrected chi connectivity index (χ3v) is 3.83.